The predicted octanol–water partition coefficient (Wildman–Crippen LogP) is 1.74. The van der Waals surface area contributed by atoms with Crippen LogP contribution in [0.4, 0.5) is 0 Å². The van der Waals surface area contributed by atoms with E-state index in [2.05, 4.69) is 0 Å². The van der Waals surface area contributed by atoms with Crippen molar-refractivity contribution in [3.63, 3.8) is 0 Å². The fraction of sp³-hybridized carbons (Fsp3) is 0.462. The number of hydrogen-bond acceptors (Lipinski definition) is 3. The zero-order chi connectivity index (χ0) is 12.3. The molecule has 1 aromatic carbocycles. The van der Waals surface area contributed by atoms with Gasteiger partial charge in [0.1, 0.15) is 11.8 Å². The van der Waals surface area contributed by atoms with E-state index in [0.717, 1.165) is 30.7 Å². The molecule has 0 aliphatic carbocycles. The molecule has 1 N–H and O–H groups in total. The van der Waals surface area contributed by atoms with Crippen molar-refractivity contribution < 1.29 is 14.6 Å². The molecule has 1 aromatic rings. The molecule has 1 aliphatic heterocycles. The molecule has 0 spiro atoms. The number of carboxylic acids is 1. The zero-order valence-electron chi connectivity index (χ0n) is 9.93. The van der Waals surface area contributed by atoms with Crippen molar-refractivity contribution in [3.05, 3.63) is 29.8 Å². The van der Waals surface area contributed by atoms with E-state index in [4.69, 9.17) is 9.84 Å². The van der Waals surface area contributed by atoms with Crippen LogP contribution < -0.4 is 4.74 Å². The average molecular weight is 235 g/mol. The van der Waals surface area contributed by atoms with Crippen molar-refractivity contribution in [3.8, 4) is 5.75 Å². The number of hydrogen-bond donors (Lipinski definition) is 1. The summed E-state index contributed by atoms with van der Waals surface area (Å²) in [7, 11) is 1.63. The van der Waals surface area contributed by atoms with E-state index in [1.807, 2.05) is 29.2 Å². The Morgan fingerprint density at radius 1 is 1.47 bits per heavy atom. The fourth-order valence-corrected chi connectivity index (χ4v) is 2.26. The lowest BCUT2D eigenvalue weighted by atomic mass is 10.2. The molecule has 0 aromatic heterocycles. The van der Waals surface area contributed by atoms with Crippen molar-refractivity contribution in [2.24, 2.45) is 0 Å². The first-order valence-corrected chi connectivity index (χ1v) is 5.80. The maximum atomic E-state index is 11.0. The van der Waals surface area contributed by atoms with Gasteiger partial charge in [0.15, 0.2) is 0 Å². The topological polar surface area (TPSA) is 49.8 Å². The second-order valence-corrected chi connectivity index (χ2v) is 4.31. The van der Waals surface area contributed by atoms with Crippen LogP contribution in [-0.2, 0) is 11.3 Å². The number of aliphatic carboxylic acids is 1. The van der Waals surface area contributed by atoms with Crippen LogP contribution in [-0.4, -0.2) is 35.7 Å². The Hall–Kier alpha value is -1.55. The number of carbonyl (C=O) groups is 1. The van der Waals surface area contributed by atoms with Crippen LogP contribution in [0, 0.1) is 0 Å². The molecule has 1 heterocycles. The Morgan fingerprint density at radius 2 is 2.18 bits per heavy atom. The highest BCUT2D eigenvalue weighted by Gasteiger charge is 2.30. The minimum atomic E-state index is -0.712. The highest BCUT2D eigenvalue weighted by Crippen LogP contribution is 2.21. The van der Waals surface area contributed by atoms with Crippen molar-refractivity contribution in [1.29, 1.82) is 0 Å². The van der Waals surface area contributed by atoms with Crippen LogP contribution in [0.15, 0.2) is 24.3 Å². The van der Waals surface area contributed by atoms with Gasteiger partial charge in [-0.25, -0.2) is 0 Å². The first-order chi connectivity index (χ1) is 8.20. The summed E-state index contributed by atoms with van der Waals surface area (Å²) < 4.78 is 5.09. The Kier molecular flexibility index (Phi) is 3.64. The number of nitrogens with zero attached hydrogens (tertiary/aromatic N) is 1. The Bertz CT molecular complexity index is 388. The number of carboxylic acid groups (broad SMARTS) is 1. The standard InChI is InChI=1S/C13H17NO3/c1-17-11-6-4-10(5-7-11)9-14-8-2-3-12(14)13(15)16/h4-7,12H,2-3,8-9H2,1H3,(H,15,16)/t12-/m1/s1. The third kappa shape index (κ3) is 2.77. The van der Waals surface area contributed by atoms with Crippen molar-refractivity contribution >= 4 is 5.97 Å². The molecule has 0 unspecified atom stereocenters. The van der Waals surface area contributed by atoms with Crippen LogP contribution in [0.3, 0.4) is 0 Å². The highest BCUT2D eigenvalue weighted by molar-refractivity contribution is 5.73. The highest BCUT2D eigenvalue weighted by atomic mass is 16.5. The SMILES string of the molecule is COc1ccc(CN2CCC[C@@H]2C(=O)O)cc1. The lowest BCUT2D eigenvalue weighted by molar-refractivity contribution is -0.142. The summed E-state index contributed by atoms with van der Waals surface area (Å²) in [5, 5.41) is 9.08. The van der Waals surface area contributed by atoms with Crippen LogP contribution in [0.25, 0.3) is 0 Å². The molecule has 92 valence electrons. The molecule has 17 heavy (non-hydrogen) atoms. The number of methoxy groups -OCH3 is 1. The summed E-state index contributed by atoms with van der Waals surface area (Å²) in [5.74, 6) is 0.112. The first kappa shape index (κ1) is 11.9. The normalized spacial score (nSPS) is 20.4. The van der Waals surface area contributed by atoms with Gasteiger partial charge in [0, 0.05) is 6.54 Å². The summed E-state index contributed by atoms with van der Waals surface area (Å²) >= 11 is 0. The molecular weight excluding hydrogens is 218 g/mol. The second kappa shape index (κ2) is 5.19. The Balaban J connectivity index is 2.02. The zero-order valence-corrected chi connectivity index (χ0v) is 9.93. The van der Waals surface area contributed by atoms with Gasteiger partial charge in [-0.1, -0.05) is 12.1 Å². The van der Waals surface area contributed by atoms with Crippen LogP contribution in [0.1, 0.15) is 18.4 Å². The van der Waals surface area contributed by atoms with Gasteiger partial charge in [0.05, 0.1) is 7.11 Å². The third-order valence-electron chi connectivity index (χ3n) is 3.19. The summed E-state index contributed by atoms with van der Waals surface area (Å²) in [4.78, 5) is 13.1. The van der Waals surface area contributed by atoms with E-state index in [0.29, 0.717) is 6.54 Å². The quantitative estimate of drug-likeness (QED) is 0.863. The van der Waals surface area contributed by atoms with E-state index in [-0.39, 0.29) is 6.04 Å². The monoisotopic (exact) mass is 235 g/mol. The van der Waals surface area contributed by atoms with Gasteiger partial charge in [0.25, 0.3) is 0 Å². The minimum Gasteiger partial charge on any atom is -0.497 e. The van der Waals surface area contributed by atoms with Gasteiger partial charge in [-0.3, -0.25) is 9.69 Å². The van der Waals surface area contributed by atoms with Gasteiger partial charge in [-0.05, 0) is 37.1 Å². The van der Waals surface area contributed by atoms with E-state index in [1.54, 1.807) is 7.11 Å². The Labute approximate surface area is 101 Å². The number of benzene rings is 1. The maximum absolute atomic E-state index is 11.0. The summed E-state index contributed by atoms with van der Waals surface area (Å²) in [6.45, 7) is 1.56. The van der Waals surface area contributed by atoms with Crippen molar-refractivity contribution in [1.82, 2.24) is 4.90 Å². The average Bonchev–Trinajstić information content (AvgIpc) is 2.78. The number of ether oxygens (including phenoxy) is 1. The lowest BCUT2D eigenvalue weighted by Gasteiger charge is -2.20. The molecule has 0 radical (unpaired) electrons. The van der Waals surface area contributed by atoms with Crippen molar-refractivity contribution in [2.45, 2.75) is 25.4 Å². The van der Waals surface area contributed by atoms with Crippen LogP contribution >= 0.6 is 0 Å². The van der Waals surface area contributed by atoms with E-state index < -0.39 is 5.97 Å². The molecule has 0 bridgehead atoms. The largest absolute Gasteiger partial charge is 0.497 e. The third-order valence-corrected chi connectivity index (χ3v) is 3.19. The maximum Gasteiger partial charge on any atom is 0.320 e. The van der Waals surface area contributed by atoms with Gasteiger partial charge >= 0.3 is 5.97 Å². The van der Waals surface area contributed by atoms with Gasteiger partial charge in [0.2, 0.25) is 0 Å². The predicted molar refractivity (Wildman–Crippen MR) is 64.1 cm³/mol. The molecular formula is C13H17NO3. The van der Waals surface area contributed by atoms with Gasteiger partial charge in [-0.2, -0.15) is 0 Å². The lowest BCUT2D eigenvalue weighted by Crippen LogP contribution is -2.35. The van der Waals surface area contributed by atoms with Crippen LogP contribution in [0.5, 0.6) is 5.75 Å². The molecule has 4 nitrogen and oxygen atoms in total. The van der Waals surface area contributed by atoms with E-state index in [9.17, 15) is 4.79 Å². The molecule has 1 saturated heterocycles. The minimum absolute atomic E-state index is 0.322. The second-order valence-electron chi connectivity index (χ2n) is 4.31. The summed E-state index contributed by atoms with van der Waals surface area (Å²) in [6.07, 6.45) is 1.72. The fourth-order valence-electron chi connectivity index (χ4n) is 2.26. The summed E-state index contributed by atoms with van der Waals surface area (Å²) in [5.41, 5.74) is 1.12. The van der Waals surface area contributed by atoms with E-state index >= 15 is 0 Å². The number of likely N-dealkylation sites (tertiary alicyclic amines) is 1. The molecule has 4 heteroatoms. The van der Waals surface area contributed by atoms with Gasteiger partial charge < -0.3 is 9.84 Å². The smallest absolute Gasteiger partial charge is 0.320 e. The first-order valence-electron chi connectivity index (χ1n) is 5.80. The molecule has 0 amide bonds. The molecule has 1 atom stereocenters. The molecule has 1 fully saturated rings. The van der Waals surface area contributed by atoms with E-state index in [1.165, 1.54) is 0 Å². The molecule has 0 saturated carbocycles. The van der Waals surface area contributed by atoms with Crippen LogP contribution in [0.2, 0.25) is 0 Å². The molecule has 1 aliphatic rings. The van der Waals surface area contributed by atoms with Gasteiger partial charge in [-0.15, -0.1) is 0 Å². The molecule has 2 rings (SSSR count). The summed E-state index contributed by atoms with van der Waals surface area (Å²) in [6, 6.07) is 7.45. The Morgan fingerprint density at radius 3 is 2.76 bits per heavy atom. The van der Waals surface area contributed by atoms with Crippen molar-refractivity contribution in [2.75, 3.05) is 13.7 Å². The number of rotatable bonds is 4.